The molecule has 1 unspecified atom stereocenters. The minimum atomic E-state index is 0.185. The summed E-state index contributed by atoms with van der Waals surface area (Å²) in [5, 5.41) is 3.14. The van der Waals surface area contributed by atoms with Gasteiger partial charge in [-0.3, -0.25) is 4.79 Å². The number of hydrogen-bond donors (Lipinski definition) is 1. The molecule has 1 aromatic heterocycles. The first-order chi connectivity index (χ1) is 10.2. The zero-order valence-corrected chi connectivity index (χ0v) is 13.6. The second-order valence-electron chi connectivity index (χ2n) is 5.60. The van der Waals surface area contributed by atoms with Gasteiger partial charge in [0.15, 0.2) is 0 Å². The van der Waals surface area contributed by atoms with Crippen molar-refractivity contribution in [2.24, 2.45) is 5.92 Å². The molecule has 1 aliphatic heterocycles. The lowest BCUT2D eigenvalue weighted by molar-refractivity contribution is -0.123. The largest absolute Gasteiger partial charge is 0.480 e. The monoisotopic (exact) mass is 354 g/mol. The predicted octanol–water partition coefficient (Wildman–Crippen LogP) is 1.74. The SMILES string of the molecule is COc1nc(N2CCCC(NC(=O)C3CC3)C2)ncc1Br. The Kier molecular flexibility index (Phi) is 4.28. The molecular formula is C14H19BrN4O2. The molecule has 1 N–H and O–H groups in total. The Morgan fingerprint density at radius 1 is 1.48 bits per heavy atom. The van der Waals surface area contributed by atoms with Gasteiger partial charge in [0.2, 0.25) is 17.7 Å². The molecular weight excluding hydrogens is 336 g/mol. The highest BCUT2D eigenvalue weighted by atomic mass is 79.9. The topological polar surface area (TPSA) is 67.3 Å². The lowest BCUT2D eigenvalue weighted by atomic mass is 10.1. The molecule has 3 rings (SSSR count). The van der Waals surface area contributed by atoms with E-state index in [1.54, 1.807) is 13.3 Å². The molecule has 2 heterocycles. The van der Waals surface area contributed by atoms with Gasteiger partial charge in [0.05, 0.1) is 17.8 Å². The maximum atomic E-state index is 11.9. The van der Waals surface area contributed by atoms with Crippen molar-refractivity contribution in [1.29, 1.82) is 0 Å². The van der Waals surface area contributed by atoms with E-state index in [4.69, 9.17) is 4.74 Å². The summed E-state index contributed by atoms with van der Waals surface area (Å²) in [7, 11) is 1.59. The van der Waals surface area contributed by atoms with Gasteiger partial charge >= 0.3 is 0 Å². The van der Waals surface area contributed by atoms with E-state index in [0.717, 1.165) is 43.2 Å². The minimum absolute atomic E-state index is 0.185. The van der Waals surface area contributed by atoms with Gasteiger partial charge in [-0.05, 0) is 41.6 Å². The number of nitrogens with zero attached hydrogens (tertiary/aromatic N) is 3. The third kappa shape index (κ3) is 3.45. The summed E-state index contributed by atoms with van der Waals surface area (Å²) in [5.74, 6) is 1.64. The summed E-state index contributed by atoms with van der Waals surface area (Å²) in [6, 6.07) is 0.185. The first kappa shape index (κ1) is 14.6. The van der Waals surface area contributed by atoms with Crippen LogP contribution in [0.15, 0.2) is 10.7 Å². The lowest BCUT2D eigenvalue weighted by Crippen LogP contribution is -2.48. The summed E-state index contributed by atoms with van der Waals surface area (Å²) in [4.78, 5) is 22.7. The number of aromatic nitrogens is 2. The number of amides is 1. The Balaban J connectivity index is 1.66. The molecule has 2 aliphatic rings. The second kappa shape index (κ2) is 6.17. The highest BCUT2D eigenvalue weighted by Gasteiger charge is 2.32. The predicted molar refractivity (Wildman–Crippen MR) is 82.4 cm³/mol. The Labute approximate surface area is 132 Å². The number of halogens is 1. The zero-order chi connectivity index (χ0) is 14.8. The van der Waals surface area contributed by atoms with E-state index < -0.39 is 0 Å². The minimum Gasteiger partial charge on any atom is -0.480 e. The number of piperidine rings is 1. The molecule has 2 fully saturated rings. The van der Waals surface area contributed by atoms with Crippen molar-refractivity contribution < 1.29 is 9.53 Å². The quantitative estimate of drug-likeness (QED) is 0.891. The van der Waals surface area contributed by atoms with Crippen molar-refractivity contribution in [3.8, 4) is 5.88 Å². The summed E-state index contributed by atoms with van der Waals surface area (Å²) in [5.41, 5.74) is 0. The van der Waals surface area contributed by atoms with Crippen LogP contribution >= 0.6 is 15.9 Å². The van der Waals surface area contributed by atoms with Crippen molar-refractivity contribution in [3.63, 3.8) is 0 Å². The number of carbonyl (C=O) groups is 1. The number of ether oxygens (including phenoxy) is 1. The van der Waals surface area contributed by atoms with E-state index in [9.17, 15) is 4.79 Å². The maximum absolute atomic E-state index is 11.9. The number of methoxy groups -OCH3 is 1. The average Bonchev–Trinajstić information content (AvgIpc) is 3.33. The van der Waals surface area contributed by atoms with Crippen LogP contribution in [0.5, 0.6) is 5.88 Å². The van der Waals surface area contributed by atoms with Crippen LogP contribution in [0.1, 0.15) is 25.7 Å². The van der Waals surface area contributed by atoms with Gasteiger partial charge in [-0.15, -0.1) is 0 Å². The van der Waals surface area contributed by atoms with Crippen LogP contribution in [-0.4, -0.2) is 42.1 Å². The van der Waals surface area contributed by atoms with Crippen LogP contribution in [0, 0.1) is 5.92 Å². The molecule has 114 valence electrons. The third-order valence-corrected chi connectivity index (χ3v) is 4.44. The molecule has 1 atom stereocenters. The van der Waals surface area contributed by atoms with E-state index in [1.807, 2.05) is 0 Å². The number of anilines is 1. The number of hydrogen-bond acceptors (Lipinski definition) is 5. The highest BCUT2D eigenvalue weighted by molar-refractivity contribution is 9.10. The Bertz CT molecular complexity index is 536. The van der Waals surface area contributed by atoms with Gasteiger partial charge in [-0.1, -0.05) is 0 Å². The summed E-state index contributed by atoms with van der Waals surface area (Å²) in [6.07, 6.45) is 5.82. The van der Waals surface area contributed by atoms with Crippen molar-refractivity contribution in [2.75, 3.05) is 25.1 Å². The fourth-order valence-corrected chi connectivity index (χ4v) is 2.93. The summed E-state index contributed by atoms with van der Waals surface area (Å²) < 4.78 is 5.95. The number of carbonyl (C=O) groups excluding carboxylic acids is 1. The second-order valence-corrected chi connectivity index (χ2v) is 6.45. The van der Waals surface area contributed by atoms with E-state index in [-0.39, 0.29) is 17.9 Å². The van der Waals surface area contributed by atoms with Crippen molar-refractivity contribution in [1.82, 2.24) is 15.3 Å². The fourth-order valence-electron chi connectivity index (χ4n) is 2.58. The lowest BCUT2D eigenvalue weighted by Gasteiger charge is -2.33. The number of rotatable bonds is 4. The molecule has 0 spiro atoms. The van der Waals surface area contributed by atoms with E-state index in [1.165, 1.54) is 0 Å². The first-order valence-corrected chi connectivity index (χ1v) is 8.08. The van der Waals surface area contributed by atoms with Gasteiger partial charge in [-0.2, -0.15) is 4.98 Å². The standard InChI is InChI=1S/C14H19BrN4O2/c1-21-13-11(15)7-16-14(18-13)19-6-2-3-10(8-19)17-12(20)9-4-5-9/h7,9-10H,2-6,8H2,1H3,(H,17,20). The van der Waals surface area contributed by atoms with Crippen LogP contribution < -0.4 is 15.0 Å². The van der Waals surface area contributed by atoms with Gasteiger partial charge in [0, 0.05) is 25.0 Å². The van der Waals surface area contributed by atoms with Gasteiger partial charge in [0.1, 0.15) is 0 Å². The van der Waals surface area contributed by atoms with E-state index in [0.29, 0.717) is 11.8 Å². The maximum Gasteiger partial charge on any atom is 0.232 e. The number of nitrogens with one attached hydrogen (secondary N) is 1. The smallest absolute Gasteiger partial charge is 0.232 e. The van der Waals surface area contributed by atoms with Crippen molar-refractivity contribution in [3.05, 3.63) is 10.7 Å². The molecule has 1 saturated heterocycles. The van der Waals surface area contributed by atoms with Crippen LogP contribution in [0.3, 0.4) is 0 Å². The van der Waals surface area contributed by atoms with Gasteiger partial charge in [-0.25, -0.2) is 4.98 Å². The average molecular weight is 355 g/mol. The first-order valence-electron chi connectivity index (χ1n) is 7.29. The van der Waals surface area contributed by atoms with Crippen molar-refractivity contribution >= 4 is 27.8 Å². The summed E-state index contributed by atoms with van der Waals surface area (Å²) >= 11 is 3.36. The molecule has 0 aromatic carbocycles. The van der Waals surface area contributed by atoms with Crippen molar-refractivity contribution in [2.45, 2.75) is 31.7 Å². The molecule has 1 aromatic rings. The Morgan fingerprint density at radius 3 is 3.00 bits per heavy atom. The highest BCUT2D eigenvalue weighted by Crippen LogP contribution is 2.29. The van der Waals surface area contributed by atoms with Crippen LogP contribution in [0.25, 0.3) is 0 Å². The molecule has 21 heavy (non-hydrogen) atoms. The van der Waals surface area contributed by atoms with Crippen LogP contribution in [-0.2, 0) is 4.79 Å². The third-order valence-electron chi connectivity index (χ3n) is 3.89. The summed E-state index contributed by atoms with van der Waals surface area (Å²) in [6.45, 7) is 1.66. The molecule has 1 amide bonds. The molecule has 1 aliphatic carbocycles. The Hall–Kier alpha value is -1.37. The van der Waals surface area contributed by atoms with E-state index >= 15 is 0 Å². The zero-order valence-electron chi connectivity index (χ0n) is 12.0. The van der Waals surface area contributed by atoms with Gasteiger partial charge < -0.3 is 15.0 Å². The van der Waals surface area contributed by atoms with E-state index in [2.05, 4.69) is 36.1 Å². The van der Waals surface area contributed by atoms with Gasteiger partial charge in [0.25, 0.3) is 0 Å². The fraction of sp³-hybridized carbons (Fsp3) is 0.643. The molecule has 0 radical (unpaired) electrons. The molecule has 7 heteroatoms. The Morgan fingerprint density at radius 2 is 2.29 bits per heavy atom. The molecule has 6 nitrogen and oxygen atoms in total. The normalized spacial score (nSPS) is 22.0. The molecule has 1 saturated carbocycles. The van der Waals surface area contributed by atoms with Crippen LogP contribution in [0.4, 0.5) is 5.95 Å². The van der Waals surface area contributed by atoms with Crippen LogP contribution in [0.2, 0.25) is 0 Å². The molecule has 0 bridgehead atoms.